The minimum Gasteiger partial charge on any atom is -0.344 e. The molecule has 2 atom stereocenters. The first-order chi connectivity index (χ1) is 14.6. The van der Waals surface area contributed by atoms with Crippen LogP contribution in [-0.2, 0) is 11.3 Å². The summed E-state index contributed by atoms with van der Waals surface area (Å²) in [6, 6.07) is 20.4. The van der Waals surface area contributed by atoms with Gasteiger partial charge in [-0.15, -0.1) is 0 Å². The normalized spacial score (nSPS) is 20.7. The summed E-state index contributed by atoms with van der Waals surface area (Å²) >= 11 is 0. The molecule has 0 spiro atoms. The maximum atomic E-state index is 13.0. The van der Waals surface area contributed by atoms with Crippen molar-refractivity contribution in [1.29, 1.82) is 5.26 Å². The van der Waals surface area contributed by atoms with Crippen molar-refractivity contribution in [2.75, 3.05) is 26.2 Å². The molecule has 1 aliphatic rings. The van der Waals surface area contributed by atoms with E-state index in [-0.39, 0.29) is 18.0 Å². The molecule has 0 radical (unpaired) electrons. The molecule has 1 saturated heterocycles. The van der Waals surface area contributed by atoms with E-state index in [4.69, 9.17) is 5.26 Å². The van der Waals surface area contributed by atoms with Gasteiger partial charge in [0, 0.05) is 5.56 Å². The van der Waals surface area contributed by atoms with Crippen molar-refractivity contribution in [2.45, 2.75) is 45.3 Å². The Kier molecular flexibility index (Phi) is 8.01. The van der Waals surface area contributed by atoms with Crippen LogP contribution in [0.4, 0.5) is 0 Å². The van der Waals surface area contributed by atoms with E-state index in [1.807, 2.05) is 30.3 Å². The zero-order chi connectivity index (χ0) is 21.3. The molecule has 0 aliphatic carbocycles. The van der Waals surface area contributed by atoms with Crippen LogP contribution in [-0.4, -0.2) is 38.1 Å². The molecule has 0 saturated carbocycles. The van der Waals surface area contributed by atoms with Crippen molar-refractivity contribution in [3.8, 4) is 6.07 Å². The molecular weight excluding hydrogens is 372 g/mol. The summed E-state index contributed by atoms with van der Waals surface area (Å²) in [6.07, 6.45) is 2.00. The van der Waals surface area contributed by atoms with Crippen LogP contribution in [0.1, 0.15) is 49.4 Å². The lowest BCUT2D eigenvalue weighted by Crippen LogP contribution is -3.29. The van der Waals surface area contributed by atoms with Crippen molar-refractivity contribution in [1.82, 2.24) is 5.32 Å². The Balaban J connectivity index is 1.50. The van der Waals surface area contributed by atoms with E-state index in [1.54, 1.807) is 4.90 Å². The molecule has 0 bridgehead atoms. The fourth-order valence-electron chi connectivity index (χ4n) is 4.30. The van der Waals surface area contributed by atoms with Gasteiger partial charge in [-0.1, -0.05) is 55.8 Å². The standard InChI is InChI=1S/C25H32N4O/c1-3-7-24(23-8-5-4-6-9-23)27-25(30)20(2)29-16-14-28(15-17-29)19-22-12-10-21(18-26)11-13-22/h4-6,8-13,20,24H,3,7,14-17,19H2,1-2H3,(H,27,30)/p+2/t20-,24-/m0/s1. The zero-order valence-corrected chi connectivity index (χ0v) is 18.2. The summed E-state index contributed by atoms with van der Waals surface area (Å²) in [4.78, 5) is 15.9. The molecule has 2 aromatic carbocycles. The van der Waals surface area contributed by atoms with Crippen LogP contribution in [0.15, 0.2) is 54.6 Å². The Morgan fingerprint density at radius 1 is 1.07 bits per heavy atom. The van der Waals surface area contributed by atoms with Gasteiger partial charge in [0.15, 0.2) is 6.04 Å². The third-order valence-corrected chi connectivity index (χ3v) is 6.24. The maximum Gasteiger partial charge on any atom is 0.278 e. The van der Waals surface area contributed by atoms with Crippen LogP contribution >= 0.6 is 0 Å². The monoisotopic (exact) mass is 406 g/mol. The third-order valence-electron chi connectivity index (χ3n) is 6.24. The molecule has 1 fully saturated rings. The molecule has 1 aliphatic heterocycles. The van der Waals surface area contributed by atoms with Crippen LogP contribution in [0.3, 0.4) is 0 Å². The van der Waals surface area contributed by atoms with Gasteiger partial charge in [-0.2, -0.15) is 5.26 Å². The molecular formula is C25H34N4O+2. The number of benzene rings is 2. The molecule has 1 amide bonds. The largest absolute Gasteiger partial charge is 0.344 e. The second kappa shape index (κ2) is 10.9. The summed E-state index contributed by atoms with van der Waals surface area (Å²) in [6.45, 7) is 9.32. The number of hydrogen-bond donors (Lipinski definition) is 3. The summed E-state index contributed by atoms with van der Waals surface area (Å²) in [5, 5.41) is 12.2. The number of piperazine rings is 1. The van der Waals surface area contributed by atoms with Crippen molar-refractivity contribution in [3.63, 3.8) is 0 Å². The van der Waals surface area contributed by atoms with E-state index >= 15 is 0 Å². The second-order valence-corrected chi connectivity index (χ2v) is 8.38. The van der Waals surface area contributed by atoms with Crippen LogP contribution in [0.25, 0.3) is 0 Å². The van der Waals surface area contributed by atoms with E-state index in [0.29, 0.717) is 5.56 Å². The summed E-state index contributed by atoms with van der Waals surface area (Å²) < 4.78 is 0. The fraction of sp³-hybridized carbons (Fsp3) is 0.440. The Morgan fingerprint density at radius 2 is 1.73 bits per heavy atom. The van der Waals surface area contributed by atoms with E-state index in [9.17, 15) is 4.79 Å². The first-order valence-electron chi connectivity index (χ1n) is 11.1. The summed E-state index contributed by atoms with van der Waals surface area (Å²) in [7, 11) is 0. The number of nitrogens with one attached hydrogen (secondary N) is 3. The maximum absolute atomic E-state index is 13.0. The van der Waals surface area contributed by atoms with Gasteiger partial charge in [-0.05, 0) is 31.0 Å². The summed E-state index contributed by atoms with van der Waals surface area (Å²) in [5.41, 5.74) is 3.16. The second-order valence-electron chi connectivity index (χ2n) is 8.38. The number of rotatable bonds is 8. The zero-order valence-electron chi connectivity index (χ0n) is 18.2. The Morgan fingerprint density at radius 3 is 2.33 bits per heavy atom. The number of nitriles is 1. The Hall–Kier alpha value is -2.68. The quantitative estimate of drug-likeness (QED) is 0.610. The number of quaternary nitrogens is 2. The minimum absolute atomic E-state index is 0.0375. The summed E-state index contributed by atoms with van der Waals surface area (Å²) in [5.74, 6) is 0.155. The molecule has 0 aromatic heterocycles. The highest BCUT2D eigenvalue weighted by Gasteiger charge is 2.32. The predicted molar refractivity (Wildman–Crippen MR) is 118 cm³/mol. The molecule has 0 unspecified atom stereocenters. The van der Waals surface area contributed by atoms with Crippen LogP contribution in [0, 0.1) is 11.3 Å². The number of carbonyl (C=O) groups is 1. The van der Waals surface area contributed by atoms with Crippen LogP contribution in [0.5, 0.6) is 0 Å². The topological polar surface area (TPSA) is 61.8 Å². The molecule has 30 heavy (non-hydrogen) atoms. The van der Waals surface area contributed by atoms with Crippen LogP contribution < -0.4 is 15.1 Å². The first-order valence-corrected chi connectivity index (χ1v) is 11.1. The number of carbonyl (C=O) groups excluding carboxylic acids is 1. The van der Waals surface area contributed by atoms with Gasteiger partial charge < -0.3 is 15.1 Å². The number of nitrogens with zero attached hydrogens (tertiary/aromatic N) is 1. The van der Waals surface area contributed by atoms with E-state index in [0.717, 1.165) is 45.6 Å². The van der Waals surface area contributed by atoms with Gasteiger partial charge in [0.2, 0.25) is 0 Å². The highest BCUT2D eigenvalue weighted by molar-refractivity contribution is 5.80. The molecule has 3 rings (SSSR count). The lowest BCUT2D eigenvalue weighted by Gasteiger charge is -2.33. The predicted octanol–water partition coefficient (Wildman–Crippen LogP) is 0.888. The van der Waals surface area contributed by atoms with Gasteiger partial charge in [-0.3, -0.25) is 4.79 Å². The lowest BCUT2D eigenvalue weighted by molar-refractivity contribution is -1.02. The molecule has 2 aromatic rings. The average molecular weight is 407 g/mol. The fourth-order valence-corrected chi connectivity index (χ4v) is 4.30. The SMILES string of the molecule is CCC[C@H](NC(=O)[C@H](C)[NH+]1CC[NH+](Cc2ccc(C#N)cc2)CC1)c1ccccc1. The van der Waals surface area contributed by atoms with Gasteiger partial charge in [-0.25, -0.2) is 0 Å². The molecule has 1 heterocycles. The molecule has 3 N–H and O–H groups in total. The number of hydrogen-bond acceptors (Lipinski definition) is 2. The van der Waals surface area contributed by atoms with Gasteiger partial charge >= 0.3 is 0 Å². The lowest BCUT2D eigenvalue weighted by atomic mass is 10.0. The Labute approximate surface area is 180 Å². The van der Waals surface area contributed by atoms with E-state index in [1.165, 1.54) is 16.0 Å². The van der Waals surface area contributed by atoms with Crippen molar-refractivity contribution in [2.24, 2.45) is 0 Å². The average Bonchev–Trinajstić information content (AvgIpc) is 2.80. The molecule has 158 valence electrons. The molecule has 5 nitrogen and oxygen atoms in total. The van der Waals surface area contributed by atoms with E-state index < -0.39 is 0 Å². The third kappa shape index (κ3) is 5.91. The van der Waals surface area contributed by atoms with Crippen molar-refractivity contribution in [3.05, 3.63) is 71.3 Å². The highest BCUT2D eigenvalue weighted by Crippen LogP contribution is 2.18. The van der Waals surface area contributed by atoms with E-state index in [2.05, 4.69) is 49.5 Å². The van der Waals surface area contributed by atoms with Crippen LogP contribution in [0.2, 0.25) is 0 Å². The van der Waals surface area contributed by atoms with Crippen molar-refractivity contribution < 1.29 is 14.6 Å². The van der Waals surface area contributed by atoms with Gasteiger partial charge in [0.1, 0.15) is 32.7 Å². The first kappa shape index (κ1) is 22.0. The van der Waals surface area contributed by atoms with Crippen molar-refractivity contribution >= 4 is 5.91 Å². The highest BCUT2D eigenvalue weighted by atomic mass is 16.2. The van der Waals surface area contributed by atoms with Gasteiger partial charge in [0.25, 0.3) is 5.91 Å². The number of amides is 1. The van der Waals surface area contributed by atoms with Gasteiger partial charge in [0.05, 0.1) is 17.7 Å². The minimum atomic E-state index is -0.0375. The molecule has 5 heteroatoms. The smallest absolute Gasteiger partial charge is 0.278 e. The Bertz CT molecular complexity index is 836.